The first-order valence-electron chi connectivity index (χ1n) is 5.13. The zero-order valence-electron chi connectivity index (χ0n) is 10.1. The summed E-state index contributed by atoms with van der Waals surface area (Å²) in [5, 5.41) is 5.06. The van der Waals surface area contributed by atoms with Crippen LogP contribution in [-0.2, 0) is 14.8 Å². The SMILES string of the molecule is COC(C)COc1ccc(S(N)(=O)=O)c(C)c1. The second-order valence-corrected chi connectivity index (χ2v) is 5.36. The Morgan fingerprint density at radius 2 is 2.06 bits per heavy atom. The molecule has 0 aromatic heterocycles. The number of methoxy groups -OCH3 is 1. The number of nitrogens with two attached hydrogens (primary N) is 1. The largest absolute Gasteiger partial charge is 0.491 e. The van der Waals surface area contributed by atoms with E-state index >= 15 is 0 Å². The lowest BCUT2D eigenvalue weighted by molar-refractivity contribution is 0.0716. The molecule has 0 saturated heterocycles. The topological polar surface area (TPSA) is 78.6 Å². The standard InChI is InChI=1S/C11H17NO4S/c1-8-6-10(16-7-9(2)15-3)4-5-11(8)17(12,13)14/h4-6,9H,7H2,1-3H3,(H2,12,13,14). The summed E-state index contributed by atoms with van der Waals surface area (Å²) < 4.78 is 32.9. The molecule has 0 aliphatic rings. The summed E-state index contributed by atoms with van der Waals surface area (Å²) in [5.74, 6) is 0.596. The molecule has 1 aromatic carbocycles. The Balaban J connectivity index is 2.83. The molecule has 96 valence electrons. The van der Waals surface area contributed by atoms with Crippen molar-refractivity contribution in [2.45, 2.75) is 24.8 Å². The number of ether oxygens (including phenoxy) is 2. The number of primary sulfonamides is 1. The van der Waals surface area contributed by atoms with Gasteiger partial charge in [0.25, 0.3) is 0 Å². The number of hydrogen-bond acceptors (Lipinski definition) is 4. The summed E-state index contributed by atoms with van der Waals surface area (Å²) in [4.78, 5) is 0.115. The van der Waals surface area contributed by atoms with Crippen molar-refractivity contribution in [2.24, 2.45) is 5.14 Å². The number of rotatable bonds is 5. The van der Waals surface area contributed by atoms with Gasteiger partial charge in [-0.15, -0.1) is 0 Å². The van der Waals surface area contributed by atoms with E-state index < -0.39 is 10.0 Å². The summed E-state index contributed by atoms with van der Waals surface area (Å²) in [7, 11) is -2.07. The van der Waals surface area contributed by atoms with E-state index in [0.29, 0.717) is 17.9 Å². The molecule has 5 nitrogen and oxygen atoms in total. The van der Waals surface area contributed by atoms with E-state index in [0.717, 1.165) is 0 Å². The lowest BCUT2D eigenvalue weighted by Crippen LogP contribution is -2.16. The molecule has 0 spiro atoms. The van der Waals surface area contributed by atoms with Crippen molar-refractivity contribution < 1.29 is 17.9 Å². The van der Waals surface area contributed by atoms with Crippen LogP contribution in [-0.4, -0.2) is 28.2 Å². The van der Waals surface area contributed by atoms with Gasteiger partial charge in [-0.25, -0.2) is 13.6 Å². The molecule has 6 heteroatoms. The molecular weight excluding hydrogens is 242 g/mol. The summed E-state index contributed by atoms with van der Waals surface area (Å²) in [5.41, 5.74) is 0.565. The molecule has 0 saturated carbocycles. The van der Waals surface area contributed by atoms with Crippen LogP contribution in [0.1, 0.15) is 12.5 Å². The third-order valence-electron chi connectivity index (χ3n) is 2.34. The normalized spacial score (nSPS) is 13.4. The van der Waals surface area contributed by atoms with E-state index in [-0.39, 0.29) is 11.0 Å². The fourth-order valence-electron chi connectivity index (χ4n) is 1.31. The zero-order chi connectivity index (χ0) is 13.1. The minimum atomic E-state index is -3.67. The first-order valence-corrected chi connectivity index (χ1v) is 6.68. The molecule has 2 N–H and O–H groups in total. The molecule has 0 bridgehead atoms. The Labute approximate surface area is 102 Å². The van der Waals surface area contributed by atoms with Crippen molar-refractivity contribution in [1.82, 2.24) is 0 Å². The summed E-state index contributed by atoms with van der Waals surface area (Å²) in [6.45, 7) is 3.96. The fourth-order valence-corrected chi connectivity index (χ4v) is 2.08. The Morgan fingerprint density at radius 3 is 2.53 bits per heavy atom. The minimum absolute atomic E-state index is 0.0202. The predicted octanol–water partition coefficient (Wildman–Crippen LogP) is 1.06. The maximum absolute atomic E-state index is 11.2. The quantitative estimate of drug-likeness (QED) is 0.857. The van der Waals surface area contributed by atoms with Crippen LogP contribution in [0.25, 0.3) is 0 Å². The van der Waals surface area contributed by atoms with Gasteiger partial charge in [0, 0.05) is 7.11 Å². The number of benzene rings is 1. The third kappa shape index (κ3) is 3.99. The van der Waals surface area contributed by atoms with Gasteiger partial charge >= 0.3 is 0 Å². The van der Waals surface area contributed by atoms with E-state index in [9.17, 15) is 8.42 Å². The van der Waals surface area contributed by atoms with E-state index in [1.54, 1.807) is 26.2 Å². The molecule has 1 atom stereocenters. The predicted molar refractivity (Wildman–Crippen MR) is 64.5 cm³/mol. The second kappa shape index (κ2) is 5.48. The molecule has 0 aliphatic carbocycles. The third-order valence-corrected chi connectivity index (χ3v) is 3.41. The van der Waals surface area contributed by atoms with E-state index in [1.165, 1.54) is 6.07 Å². The highest BCUT2D eigenvalue weighted by Crippen LogP contribution is 2.20. The van der Waals surface area contributed by atoms with Gasteiger partial charge in [0.2, 0.25) is 10.0 Å². The van der Waals surface area contributed by atoms with Gasteiger partial charge in [-0.05, 0) is 37.6 Å². The number of sulfonamides is 1. The van der Waals surface area contributed by atoms with Gasteiger partial charge in [-0.1, -0.05) is 0 Å². The van der Waals surface area contributed by atoms with E-state index in [1.807, 2.05) is 6.92 Å². The molecule has 1 aromatic rings. The Hall–Kier alpha value is -1.11. The van der Waals surface area contributed by atoms with Crippen LogP contribution in [0.3, 0.4) is 0 Å². The maximum atomic E-state index is 11.2. The van der Waals surface area contributed by atoms with Crippen molar-refractivity contribution in [1.29, 1.82) is 0 Å². The van der Waals surface area contributed by atoms with Crippen molar-refractivity contribution in [3.63, 3.8) is 0 Å². The average molecular weight is 259 g/mol. The van der Waals surface area contributed by atoms with Gasteiger partial charge in [-0.2, -0.15) is 0 Å². The van der Waals surface area contributed by atoms with E-state index in [4.69, 9.17) is 14.6 Å². The highest BCUT2D eigenvalue weighted by Gasteiger charge is 2.12. The fraction of sp³-hybridized carbons (Fsp3) is 0.455. The number of aryl methyl sites for hydroxylation is 1. The van der Waals surface area contributed by atoms with Crippen LogP contribution >= 0.6 is 0 Å². The van der Waals surface area contributed by atoms with Crippen LogP contribution in [0.2, 0.25) is 0 Å². The van der Waals surface area contributed by atoms with E-state index in [2.05, 4.69) is 0 Å². The smallest absolute Gasteiger partial charge is 0.238 e. The molecule has 17 heavy (non-hydrogen) atoms. The lowest BCUT2D eigenvalue weighted by atomic mass is 10.2. The van der Waals surface area contributed by atoms with Gasteiger partial charge in [-0.3, -0.25) is 0 Å². The van der Waals surface area contributed by atoms with Crippen molar-refractivity contribution in [2.75, 3.05) is 13.7 Å². The van der Waals surface area contributed by atoms with Crippen LogP contribution in [0.15, 0.2) is 23.1 Å². The monoisotopic (exact) mass is 259 g/mol. The molecule has 0 aliphatic heterocycles. The first-order chi connectivity index (χ1) is 7.84. The van der Waals surface area contributed by atoms with Crippen LogP contribution in [0, 0.1) is 6.92 Å². The van der Waals surface area contributed by atoms with Crippen molar-refractivity contribution in [3.05, 3.63) is 23.8 Å². The molecule has 0 heterocycles. The Kier molecular flexibility index (Phi) is 4.50. The molecule has 0 fully saturated rings. The molecule has 0 amide bonds. The summed E-state index contributed by atoms with van der Waals surface area (Å²) >= 11 is 0. The molecule has 0 radical (unpaired) electrons. The minimum Gasteiger partial charge on any atom is -0.491 e. The molecule has 1 rings (SSSR count). The average Bonchev–Trinajstić information content (AvgIpc) is 2.24. The van der Waals surface area contributed by atoms with Gasteiger partial charge in [0.05, 0.1) is 11.0 Å². The molecular formula is C11H17NO4S. The first kappa shape index (κ1) is 14.0. The van der Waals surface area contributed by atoms with Gasteiger partial charge < -0.3 is 9.47 Å². The summed E-state index contributed by atoms with van der Waals surface area (Å²) in [6, 6.07) is 4.66. The Morgan fingerprint density at radius 1 is 1.41 bits per heavy atom. The lowest BCUT2D eigenvalue weighted by Gasteiger charge is -2.12. The van der Waals surface area contributed by atoms with Crippen molar-refractivity contribution >= 4 is 10.0 Å². The van der Waals surface area contributed by atoms with Crippen molar-refractivity contribution in [3.8, 4) is 5.75 Å². The molecule has 1 unspecified atom stereocenters. The highest BCUT2D eigenvalue weighted by molar-refractivity contribution is 7.89. The zero-order valence-corrected chi connectivity index (χ0v) is 11.0. The van der Waals surface area contributed by atoms with Gasteiger partial charge in [0.15, 0.2) is 0 Å². The summed E-state index contributed by atoms with van der Waals surface area (Å²) in [6.07, 6.45) is -0.0202. The van der Waals surface area contributed by atoms with Crippen LogP contribution in [0.4, 0.5) is 0 Å². The van der Waals surface area contributed by atoms with Crippen LogP contribution < -0.4 is 9.88 Å². The Bertz CT molecular complexity index is 484. The van der Waals surface area contributed by atoms with Crippen LogP contribution in [0.5, 0.6) is 5.75 Å². The number of hydrogen-bond donors (Lipinski definition) is 1. The maximum Gasteiger partial charge on any atom is 0.238 e. The van der Waals surface area contributed by atoms with Gasteiger partial charge in [0.1, 0.15) is 12.4 Å². The highest BCUT2D eigenvalue weighted by atomic mass is 32.2. The second-order valence-electron chi connectivity index (χ2n) is 3.83.